The molecule has 86 valence electrons. The number of thioether (sulfide) groups is 1. The molecule has 0 aliphatic heterocycles. The van der Waals surface area contributed by atoms with Crippen LogP contribution in [0, 0.1) is 0 Å². The van der Waals surface area contributed by atoms with E-state index in [4.69, 9.17) is 10.9 Å². The number of aromatic nitrogens is 1. The lowest BCUT2D eigenvalue weighted by molar-refractivity contribution is 0.318. The highest BCUT2D eigenvalue weighted by Crippen LogP contribution is 2.35. The second kappa shape index (κ2) is 5.21. The standard InChI is InChI=1S/C11H15N3OS/c12-11(14-15)10-9(6-3-7-13-10)16-8-4-1-2-5-8/h3,6-8,15H,1-2,4-5H2,(H2,12,14). The van der Waals surface area contributed by atoms with Crippen molar-refractivity contribution in [2.24, 2.45) is 10.9 Å². The molecule has 16 heavy (non-hydrogen) atoms. The largest absolute Gasteiger partial charge is 0.409 e. The third-order valence-electron chi connectivity index (χ3n) is 2.72. The molecule has 1 saturated carbocycles. The highest BCUT2D eigenvalue weighted by Gasteiger charge is 2.18. The van der Waals surface area contributed by atoms with Gasteiger partial charge >= 0.3 is 0 Å². The summed E-state index contributed by atoms with van der Waals surface area (Å²) >= 11 is 1.79. The second-order valence-corrected chi connectivity index (χ2v) is 5.20. The third-order valence-corrected chi connectivity index (χ3v) is 4.10. The molecular formula is C11H15N3OS. The SMILES string of the molecule is N/C(=N/O)c1ncccc1SC1CCCC1. The van der Waals surface area contributed by atoms with Gasteiger partial charge in [-0.25, -0.2) is 0 Å². The Bertz CT molecular complexity index is 389. The van der Waals surface area contributed by atoms with Gasteiger partial charge in [-0.1, -0.05) is 18.0 Å². The number of rotatable bonds is 3. The first kappa shape index (κ1) is 11.3. The van der Waals surface area contributed by atoms with Crippen molar-refractivity contribution in [2.75, 3.05) is 0 Å². The molecule has 0 unspecified atom stereocenters. The Kier molecular flexibility index (Phi) is 3.66. The average molecular weight is 237 g/mol. The second-order valence-electron chi connectivity index (χ2n) is 3.86. The zero-order valence-corrected chi connectivity index (χ0v) is 9.78. The van der Waals surface area contributed by atoms with Crippen LogP contribution in [0.4, 0.5) is 0 Å². The summed E-state index contributed by atoms with van der Waals surface area (Å²) in [5.41, 5.74) is 6.18. The maximum absolute atomic E-state index is 8.69. The minimum absolute atomic E-state index is 0.0843. The van der Waals surface area contributed by atoms with Gasteiger partial charge in [0.2, 0.25) is 0 Å². The fraction of sp³-hybridized carbons (Fsp3) is 0.455. The molecule has 3 N–H and O–H groups in total. The van der Waals surface area contributed by atoms with Gasteiger partial charge in [0.1, 0.15) is 5.69 Å². The zero-order chi connectivity index (χ0) is 11.4. The average Bonchev–Trinajstić information content (AvgIpc) is 2.82. The Morgan fingerprint density at radius 3 is 2.94 bits per heavy atom. The van der Waals surface area contributed by atoms with Crippen molar-refractivity contribution < 1.29 is 5.21 Å². The number of amidine groups is 1. The molecule has 0 radical (unpaired) electrons. The van der Waals surface area contributed by atoms with Gasteiger partial charge in [0.05, 0.1) is 0 Å². The molecule has 0 bridgehead atoms. The van der Waals surface area contributed by atoms with Crippen LogP contribution in [0.25, 0.3) is 0 Å². The van der Waals surface area contributed by atoms with Crippen LogP contribution in [0.1, 0.15) is 31.4 Å². The highest BCUT2D eigenvalue weighted by molar-refractivity contribution is 8.00. The van der Waals surface area contributed by atoms with Crippen LogP contribution in [-0.4, -0.2) is 21.3 Å². The number of oxime groups is 1. The summed E-state index contributed by atoms with van der Waals surface area (Å²) < 4.78 is 0. The molecule has 0 spiro atoms. The third kappa shape index (κ3) is 2.47. The van der Waals surface area contributed by atoms with Crippen LogP contribution in [0.2, 0.25) is 0 Å². The van der Waals surface area contributed by atoms with Gasteiger partial charge in [-0.3, -0.25) is 4.98 Å². The Morgan fingerprint density at radius 1 is 1.50 bits per heavy atom. The van der Waals surface area contributed by atoms with E-state index in [2.05, 4.69) is 10.1 Å². The zero-order valence-electron chi connectivity index (χ0n) is 8.97. The number of hydrogen-bond acceptors (Lipinski definition) is 4. The van der Waals surface area contributed by atoms with E-state index in [1.807, 2.05) is 12.1 Å². The first-order chi connectivity index (χ1) is 7.81. The fourth-order valence-corrected chi connectivity index (χ4v) is 3.27. The van der Waals surface area contributed by atoms with Crippen molar-refractivity contribution in [3.8, 4) is 0 Å². The summed E-state index contributed by atoms with van der Waals surface area (Å²) in [6.45, 7) is 0. The van der Waals surface area contributed by atoms with E-state index in [1.165, 1.54) is 25.7 Å². The topological polar surface area (TPSA) is 71.5 Å². The molecular weight excluding hydrogens is 222 g/mol. The van der Waals surface area contributed by atoms with Crippen LogP contribution < -0.4 is 5.73 Å². The summed E-state index contributed by atoms with van der Waals surface area (Å²) in [7, 11) is 0. The predicted octanol–water partition coefficient (Wildman–Crippen LogP) is 2.21. The molecule has 0 saturated heterocycles. The van der Waals surface area contributed by atoms with E-state index in [9.17, 15) is 0 Å². The smallest absolute Gasteiger partial charge is 0.189 e. The van der Waals surface area contributed by atoms with E-state index in [0.29, 0.717) is 10.9 Å². The minimum Gasteiger partial charge on any atom is -0.409 e. The highest BCUT2D eigenvalue weighted by atomic mass is 32.2. The van der Waals surface area contributed by atoms with Gasteiger partial charge in [0.25, 0.3) is 0 Å². The lowest BCUT2D eigenvalue weighted by Crippen LogP contribution is -2.16. The van der Waals surface area contributed by atoms with Crippen LogP contribution in [0.15, 0.2) is 28.4 Å². The van der Waals surface area contributed by atoms with Crippen LogP contribution in [-0.2, 0) is 0 Å². The molecule has 1 aliphatic carbocycles. The van der Waals surface area contributed by atoms with Crippen LogP contribution in [0.5, 0.6) is 0 Å². The molecule has 2 rings (SSSR count). The number of nitrogens with zero attached hydrogens (tertiary/aromatic N) is 2. The van der Waals surface area contributed by atoms with E-state index in [0.717, 1.165) is 4.90 Å². The summed E-state index contributed by atoms with van der Waals surface area (Å²) in [6.07, 6.45) is 6.75. The van der Waals surface area contributed by atoms with Gasteiger partial charge in [0, 0.05) is 16.3 Å². The Balaban J connectivity index is 2.19. The Morgan fingerprint density at radius 2 is 2.25 bits per heavy atom. The van der Waals surface area contributed by atoms with Crippen molar-refractivity contribution in [3.05, 3.63) is 24.0 Å². The van der Waals surface area contributed by atoms with Crippen molar-refractivity contribution in [1.29, 1.82) is 0 Å². The van der Waals surface area contributed by atoms with E-state index in [-0.39, 0.29) is 5.84 Å². The molecule has 0 aromatic carbocycles. The normalized spacial score (nSPS) is 17.9. The summed E-state index contributed by atoms with van der Waals surface area (Å²) in [5, 5.41) is 12.3. The molecule has 5 heteroatoms. The van der Waals surface area contributed by atoms with Crippen molar-refractivity contribution in [1.82, 2.24) is 4.98 Å². The van der Waals surface area contributed by atoms with Crippen molar-refractivity contribution >= 4 is 17.6 Å². The Hall–Kier alpha value is -1.23. The van der Waals surface area contributed by atoms with Gasteiger partial charge < -0.3 is 10.9 Å². The van der Waals surface area contributed by atoms with E-state index < -0.39 is 0 Å². The number of nitrogens with two attached hydrogens (primary N) is 1. The molecule has 1 heterocycles. The molecule has 0 amide bonds. The molecule has 1 fully saturated rings. The molecule has 4 nitrogen and oxygen atoms in total. The molecule has 1 aliphatic rings. The van der Waals surface area contributed by atoms with Crippen molar-refractivity contribution in [3.63, 3.8) is 0 Å². The van der Waals surface area contributed by atoms with Crippen molar-refractivity contribution in [2.45, 2.75) is 35.8 Å². The number of hydrogen-bond donors (Lipinski definition) is 2. The summed E-state index contributed by atoms with van der Waals surface area (Å²) in [4.78, 5) is 5.16. The predicted molar refractivity (Wildman–Crippen MR) is 64.9 cm³/mol. The van der Waals surface area contributed by atoms with Crippen LogP contribution >= 0.6 is 11.8 Å². The quantitative estimate of drug-likeness (QED) is 0.366. The minimum atomic E-state index is 0.0843. The first-order valence-corrected chi connectivity index (χ1v) is 6.29. The van der Waals surface area contributed by atoms with Gasteiger partial charge in [-0.05, 0) is 25.0 Å². The first-order valence-electron chi connectivity index (χ1n) is 5.41. The summed E-state index contributed by atoms with van der Waals surface area (Å²) in [6, 6.07) is 3.86. The van der Waals surface area contributed by atoms with Gasteiger partial charge in [-0.15, -0.1) is 11.8 Å². The lowest BCUT2D eigenvalue weighted by atomic mass is 10.3. The maximum atomic E-state index is 8.69. The maximum Gasteiger partial charge on any atom is 0.189 e. The molecule has 1 aromatic rings. The molecule has 0 atom stereocenters. The van der Waals surface area contributed by atoms with Crippen LogP contribution in [0.3, 0.4) is 0 Å². The number of pyridine rings is 1. The lowest BCUT2D eigenvalue weighted by Gasteiger charge is -2.11. The fourth-order valence-electron chi connectivity index (χ4n) is 1.91. The Labute approximate surface area is 98.9 Å². The van der Waals surface area contributed by atoms with Gasteiger partial charge in [0.15, 0.2) is 5.84 Å². The van der Waals surface area contributed by atoms with E-state index >= 15 is 0 Å². The summed E-state index contributed by atoms with van der Waals surface area (Å²) in [5.74, 6) is 0.0843. The van der Waals surface area contributed by atoms with E-state index in [1.54, 1.807) is 18.0 Å². The monoisotopic (exact) mass is 237 g/mol. The molecule has 1 aromatic heterocycles. The van der Waals surface area contributed by atoms with Gasteiger partial charge in [-0.2, -0.15) is 0 Å².